The average molecular weight is 334 g/mol. The van der Waals surface area contributed by atoms with Crippen molar-refractivity contribution in [3.8, 4) is 0 Å². The van der Waals surface area contributed by atoms with Crippen LogP contribution in [0.4, 0.5) is 0 Å². The largest absolute Gasteiger partial charge is 0.317 e. The molecule has 1 heterocycles. The lowest BCUT2D eigenvalue weighted by Gasteiger charge is -2.21. The molecule has 0 aromatic carbocycles. The molecule has 0 aliphatic rings. The van der Waals surface area contributed by atoms with Gasteiger partial charge in [-0.3, -0.25) is 9.00 Å². The second-order valence-corrected chi connectivity index (χ2v) is 8.65. The van der Waals surface area contributed by atoms with Gasteiger partial charge in [-0.25, -0.2) is 0 Å². The Morgan fingerprint density at radius 2 is 2.00 bits per heavy atom. The zero-order chi connectivity index (χ0) is 14.1. The molecular formula is C13H20BrNO2S. The van der Waals surface area contributed by atoms with Crippen LogP contribution in [0, 0.1) is 0 Å². The molecule has 0 spiro atoms. The summed E-state index contributed by atoms with van der Waals surface area (Å²) in [4.78, 5) is 11.6. The van der Waals surface area contributed by atoms with E-state index in [1.807, 2.05) is 27.7 Å². The predicted molar refractivity (Wildman–Crippen MR) is 80.6 cm³/mol. The van der Waals surface area contributed by atoms with E-state index in [0.717, 1.165) is 10.0 Å². The number of rotatable bonds is 3. The van der Waals surface area contributed by atoms with Crippen LogP contribution in [-0.2, 0) is 17.8 Å². The molecule has 3 nitrogen and oxygen atoms in total. The summed E-state index contributed by atoms with van der Waals surface area (Å²) < 4.78 is 14.3. The van der Waals surface area contributed by atoms with Crippen LogP contribution < -0.4 is 5.56 Å². The van der Waals surface area contributed by atoms with E-state index in [9.17, 15) is 9.00 Å². The molecule has 0 amide bonds. The minimum atomic E-state index is -0.918. The van der Waals surface area contributed by atoms with Crippen molar-refractivity contribution < 1.29 is 4.21 Å². The van der Waals surface area contributed by atoms with Crippen LogP contribution in [-0.4, -0.2) is 19.3 Å². The number of hydrogen-bond acceptors (Lipinski definition) is 2. The fourth-order valence-corrected chi connectivity index (χ4v) is 3.50. The molecule has 102 valence electrons. The summed E-state index contributed by atoms with van der Waals surface area (Å²) in [5.41, 5.74) is 0.886. The summed E-state index contributed by atoms with van der Waals surface area (Å²) in [5, 5.41) is 0. The molecule has 18 heavy (non-hydrogen) atoms. The van der Waals surface area contributed by atoms with E-state index in [1.54, 1.807) is 19.3 Å². The SMILES string of the molecule is C[C@H](C[S@@](=O)C(C)(C)C)c1cc(=O)n(C)cc1Br. The first-order chi connectivity index (χ1) is 8.12. The molecule has 0 aliphatic heterocycles. The number of pyridine rings is 1. The number of aromatic nitrogens is 1. The highest BCUT2D eigenvalue weighted by Gasteiger charge is 2.23. The van der Waals surface area contributed by atoms with Gasteiger partial charge in [0.25, 0.3) is 5.56 Å². The molecule has 0 N–H and O–H groups in total. The van der Waals surface area contributed by atoms with Gasteiger partial charge in [-0.15, -0.1) is 0 Å². The summed E-state index contributed by atoms with van der Waals surface area (Å²) in [6.07, 6.45) is 1.76. The zero-order valence-corrected chi connectivity index (χ0v) is 13.9. The summed E-state index contributed by atoms with van der Waals surface area (Å²) in [6, 6.07) is 1.62. The lowest BCUT2D eigenvalue weighted by Crippen LogP contribution is -2.27. The normalized spacial score (nSPS) is 15.4. The van der Waals surface area contributed by atoms with Crippen LogP contribution >= 0.6 is 15.9 Å². The summed E-state index contributed by atoms with van der Waals surface area (Å²) >= 11 is 3.46. The van der Waals surface area contributed by atoms with E-state index >= 15 is 0 Å². The van der Waals surface area contributed by atoms with Crippen LogP contribution in [0.3, 0.4) is 0 Å². The lowest BCUT2D eigenvalue weighted by atomic mass is 10.1. The van der Waals surface area contributed by atoms with Gasteiger partial charge in [0.05, 0.1) is 0 Å². The molecule has 0 radical (unpaired) electrons. The monoisotopic (exact) mass is 333 g/mol. The molecule has 5 heteroatoms. The maximum atomic E-state index is 12.1. The molecular weight excluding hydrogens is 314 g/mol. The zero-order valence-electron chi connectivity index (χ0n) is 11.5. The Hall–Kier alpha value is -0.420. The van der Waals surface area contributed by atoms with Gasteiger partial charge in [0.15, 0.2) is 0 Å². The Bertz CT molecular complexity index is 517. The van der Waals surface area contributed by atoms with E-state index < -0.39 is 10.8 Å². The fraction of sp³-hybridized carbons (Fsp3) is 0.615. The lowest BCUT2D eigenvalue weighted by molar-refractivity contribution is 0.642. The summed E-state index contributed by atoms with van der Waals surface area (Å²) in [5.74, 6) is 0.656. The summed E-state index contributed by atoms with van der Waals surface area (Å²) in [6.45, 7) is 7.90. The highest BCUT2D eigenvalue weighted by Crippen LogP contribution is 2.26. The third-order valence-corrected chi connectivity index (χ3v) is 5.66. The van der Waals surface area contributed by atoms with Crippen molar-refractivity contribution in [2.75, 3.05) is 5.75 Å². The molecule has 1 rings (SSSR count). The third-order valence-electron chi connectivity index (χ3n) is 2.82. The van der Waals surface area contributed by atoms with E-state index in [-0.39, 0.29) is 16.2 Å². The van der Waals surface area contributed by atoms with Crippen LogP contribution in [0.15, 0.2) is 21.5 Å². The van der Waals surface area contributed by atoms with Gasteiger partial charge in [0, 0.05) is 45.1 Å². The van der Waals surface area contributed by atoms with Gasteiger partial charge in [-0.1, -0.05) is 6.92 Å². The highest BCUT2D eigenvalue weighted by atomic mass is 79.9. The number of halogens is 1. The van der Waals surface area contributed by atoms with Gasteiger partial charge in [-0.05, 0) is 48.2 Å². The molecule has 0 fully saturated rings. The number of aryl methyl sites for hydroxylation is 1. The van der Waals surface area contributed by atoms with Crippen molar-refractivity contribution in [3.05, 3.63) is 32.7 Å². The van der Waals surface area contributed by atoms with E-state index in [0.29, 0.717) is 5.75 Å². The summed E-state index contributed by atoms with van der Waals surface area (Å²) in [7, 11) is 0.799. The molecule has 1 aromatic rings. The molecule has 0 unspecified atom stereocenters. The molecule has 1 aromatic heterocycles. The van der Waals surface area contributed by atoms with E-state index in [1.165, 1.54) is 4.57 Å². The second kappa shape index (κ2) is 5.70. The Balaban J connectivity index is 2.99. The van der Waals surface area contributed by atoms with Crippen LogP contribution in [0.25, 0.3) is 0 Å². The smallest absolute Gasteiger partial charge is 0.250 e. The minimum absolute atomic E-state index is 0.0402. The maximum Gasteiger partial charge on any atom is 0.250 e. The third kappa shape index (κ3) is 3.79. The van der Waals surface area contributed by atoms with Crippen molar-refractivity contribution in [1.29, 1.82) is 0 Å². The van der Waals surface area contributed by atoms with Gasteiger partial charge < -0.3 is 4.57 Å². The Kier molecular flexibility index (Phi) is 4.95. The first-order valence-electron chi connectivity index (χ1n) is 5.87. The Morgan fingerprint density at radius 3 is 2.50 bits per heavy atom. The molecule has 0 saturated carbocycles. The number of hydrogen-bond donors (Lipinski definition) is 0. The number of nitrogens with zero attached hydrogens (tertiary/aromatic N) is 1. The quantitative estimate of drug-likeness (QED) is 0.853. The average Bonchev–Trinajstić information content (AvgIpc) is 2.21. The van der Waals surface area contributed by atoms with Gasteiger partial charge in [-0.2, -0.15) is 0 Å². The van der Waals surface area contributed by atoms with Crippen LogP contribution in [0.2, 0.25) is 0 Å². The van der Waals surface area contributed by atoms with Crippen LogP contribution in [0.1, 0.15) is 39.2 Å². The first-order valence-corrected chi connectivity index (χ1v) is 7.98. The van der Waals surface area contributed by atoms with Crippen molar-refractivity contribution in [2.45, 2.75) is 38.4 Å². The predicted octanol–water partition coefficient (Wildman–Crippen LogP) is 2.80. The van der Waals surface area contributed by atoms with E-state index in [2.05, 4.69) is 15.9 Å². The van der Waals surface area contributed by atoms with Gasteiger partial charge >= 0.3 is 0 Å². The van der Waals surface area contributed by atoms with Gasteiger partial charge in [0.1, 0.15) is 0 Å². The topological polar surface area (TPSA) is 39.1 Å². The second-order valence-electron chi connectivity index (χ2n) is 5.55. The van der Waals surface area contributed by atoms with Gasteiger partial charge in [0.2, 0.25) is 0 Å². The molecule has 0 aliphatic carbocycles. The van der Waals surface area contributed by atoms with Crippen molar-refractivity contribution in [2.24, 2.45) is 7.05 Å². The molecule has 2 atom stereocenters. The highest BCUT2D eigenvalue weighted by molar-refractivity contribution is 9.10. The minimum Gasteiger partial charge on any atom is -0.317 e. The van der Waals surface area contributed by atoms with E-state index in [4.69, 9.17) is 0 Å². The maximum absolute atomic E-state index is 12.1. The standard InChI is InChI=1S/C13H20BrNO2S/c1-9(8-18(17)13(2,3)4)10-6-12(16)15(5)7-11(10)14/h6-7,9H,8H2,1-5H3/t9-,18-/m1/s1. The first kappa shape index (κ1) is 15.6. The van der Waals surface area contributed by atoms with Crippen molar-refractivity contribution in [1.82, 2.24) is 4.57 Å². The molecule has 0 saturated heterocycles. The Morgan fingerprint density at radius 1 is 1.44 bits per heavy atom. The van der Waals surface area contributed by atoms with Crippen molar-refractivity contribution in [3.63, 3.8) is 0 Å². The van der Waals surface area contributed by atoms with Crippen molar-refractivity contribution >= 4 is 26.7 Å². The van der Waals surface area contributed by atoms with Crippen LogP contribution in [0.5, 0.6) is 0 Å². The fourth-order valence-electron chi connectivity index (χ4n) is 1.56. The Labute approximate surface area is 119 Å². The molecule has 0 bridgehead atoms.